The van der Waals surface area contributed by atoms with Crippen molar-refractivity contribution in [3.05, 3.63) is 35.1 Å². The molecule has 0 unspecified atom stereocenters. The highest BCUT2D eigenvalue weighted by Crippen LogP contribution is 2.06. The number of nitrogens with zero attached hydrogens (tertiary/aromatic N) is 1. The molecule has 62 valence electrons. The molecule has 0 saturated heterocycles. The van der Waals surface area contributed by atoms with Gasteiger partial charge in [0.05, 0.1) is 5.56 Å². The van der Waals surface area contributed by atoms with Gasteiger partial charge in [-0.3, -0.25) is 9.79 Å². The molecule has 0 amide bonds. The molecule has 0 aliphatic carbocycles. The molecular weight excluding hydrogens is 157 g/mol. The zero-order valence-corrected chi connectivity index (χ0v) is 6.62. The van der Waals surface area contributed by atoms with E-state index < -0.39 is 5.82 Å². The van der Waals surface area contributed by atoms with Gasteiger partial charge in [-0.05, 0) is 17.7 Å². The molecule has 2 nitrogen and oxygen atoms in total. The Balaban J connectivity index is 3.13. The first-order valence-corrected chi connectivity index (χ1v) is 3.45. The van der Waals surface area contributed by atoms with E-state index in [1.54, 1.807) is 19.3 Å². The lowest BCUT2D eigenvalue weighted by Gasteiger charge is -1.95. The number of carbonyl (C=O) groups is 1. The second kappa shape index (κ2) is 3.76. The van der Waals surface area contributed by atoms with Gasteiger partial charge in [0.2, 0.25) is 0 Å². The molecule has 1 aromatic rings. The van der Waals surface area contributed by atoms with Crippen molar-refractivity contribution in [2.75, 3.05) is 7.05 Å². The predicted octanol–water partition coefficient (Wildman–Crippen LogP) is 1.69. The van der Waals surface area contributed by atoms with Crippen molar-refractivity contribution in [3.8, 4) is 0 Å². The minimum Gasteiger partial charge on any atom is -0.298 e. The Morgan fingerprint density at radius 1 is 1.50 bits per heavy atom. The second-order valence-corrected chi connectivity index (χ2v) is 2.29. The fraction of sp³-hybridized carbons (Fsp3) is 0.111. The van der Waals surface area contributed by atoms with Gasteiger partial charge in [0.1, 0.15) is 5.82 Å². The van der Waals surface area contributed by atoms with Crippen LogP contribution in [-0.4, -0.2) is 19.5 Å². The summed E-state index contributed by atoms with van der Waals surface area (Å²) in [7, 11) is 1.62. The molecule has 0 spiro atoms. The monoisotopic (exact) mass is 165 g/mol. The van der Waals surface area contributed by atoms with E-state index in [0.717, 1.165) is 5.56 Å². The lowest BCUT2D eigenvalue weighted by atomic mass is 10.1. The molecule has 1 rings (SSSR count). The van der Waals surface area contributed by atoms with Crippen LogP contribution in [0.3, 0.4) is 0 Å². The van der Waals surface area contributed by atoms with Crippen LogP contribution in [0.25, 0.3) is 0 Å². The summed E-state index contributed by atoms with van der Waals surface area (Å²) < 4.78 is 12.7. The van der Waals surface area contributed by atoms with Crippen molar-refractivity contribution in [2.45, 2.75) is 0 Å². The Morgan fingerprint density at radius 2 is 2.25 bits per heavy atom. The van der Waals surface area contributed by atoms with Crippen LogP contribution in [-0.2, 0) is 0 Å². The highest BCUT2D eigenvalue weighted by molar-refractivity contribution is 5.84. The largest absolute Gasteiger partial charge is 0.298 e. The van der Waals surface area contributed by atoms with Gasteiger partial charge < -0.3 is 0 Å². The van der Waals surface area contributed by atoms with E-state index in [0.29, 0.717) is 6.29 Å². The summed E-state index contributed by atoms with van der Waals surface area (Å²) in [5, 5.41) is 0. The van der Waals surface area contributed by atoms with Gasteiger partial charge in [-0.2, -0.15) is 0 Å². The van der Waals surface area contributed by atoms with Crippen molar-refractivity contribution >= 4 is 12.5 Å². The predicted molar refractivity (Wildman–Crippen MR) is 45.3 cm³/mol. The van der Waals surface area contributed by atoms with Gasteiger partial charge in [-0.15, -0.1) is 0 Å². The van der Waals surface area contributed by atoms with Crippen molar-refractivity contribution in [1.29, 1.82) is 0 Å². The van der Waals surface area contributed by atoms with Crippen LogP contribution < -0.4 is 0 Å². The zero-order chi connectivity index (χ0) is 8.97. The van der Waals surface area contributed by atoms with Crippen LogP contribution in [0.1, 0.15) is 15.9 Å². The van der Waals surface area contributed by atoms with Gasteiger partial charge >= 0.3 is 0 Å². The third kappa shape index (κ3) is 1.75. The van der Waals surface area contributed by atoms with Crippen LogP contribution in [0.2, 0.25) is 0 Å². The van der Waals surface area contributed by atoms with Crippen LogP contribution in [0.5, 0.6) is 0 Å². The van der Waals surface area contributed by atoms with E-state index in [-0.39, 0.29) is 5.56 Å². The highest BCUT2D eigenvalue weighted by atomic mass is 19.1. The van der Waals surface area contributed by atoms with E-state index in [2.05, 4.69) is 4.99 Å². The number of benzene rings is 1. The van der Waals surface area contributed by atoms with E-state index in [9.17, 15) is 9.18 Å². The molecule has 0 radical (unpaired) electrons. The van der Waals surface area contributed by atoms with Gasteiger partial charge in [0, 0.05) is 13.3 Å². The molecule has 12 heavy (non-hydrogen) atoms. The Hall–Kier alpha value is -1.51. The number of hydrogen-bond donors (Lipinski definition) is 0. The average Bonchev–Trinajstić information content (AvgIpc) is 2.09. The maximum atomic E-state index is 12.7. The Morgan fingerprint density at radius 3 is 2.83 bits per heavy atom. The maximum absolute atomic E-state index is 12.7. The highest BCUT2D eigenvalue weighted by Gasteiger charge is 1.99. The molecule has 3 heteroatoms. The number of rotatable bonds is 2. The van der Waals surface area contributed by atoms with Crippen LogP contribution in [0, 0.1) is 5.82 Å². The minimum absolute atomic E-state index is 0.0624. The first kappa shape index (κ1) is 8.59. The third-order valence-corrected chi connectivity index (χ3v) is 1.43. The van der Waals surface area contributed by atoms with Crippen molar-refractivity contribution in [3.63, 3.8) is 0 Å². The van der Waals surface area contributed by atoms with Gasteiger partial charge in [0.15, 0.2) is 6.29 Å². The number of aldehydes is 1. The summed E-state index contributed by atoms with van der Waals surface area (Å²) in [6, 6.07) is 4.27. The van der Waals surface area contributed by atoms with E-state index in [1.807, 2.05) is 0 Å². The average molecular weight is 165 g/mol. The summed E-state index contributed by atoms with van der Waals surface area (Å²) in [4.78, 5) is 14.0. The van der Waals surface area contributed by atoms with E-state index >= 15 is 0 Å². The molecular formula is C9H8FNO. The fourth-order valence-electron chi connectivity index (χ4n) is 0.882. The molecule has 0 aliphatic rings. The number of halogens is 1. The summed E-state index contributed by atoms with van der Waals surface area (Å²) in [6.45, 7) is 0. The van der Waals surface area contributed by atoms with Crippen LogP contribution in [0.4, 0.5) is 4.39 Å². The standard InChI is InChI=1S/C9H8FNO/c1-11-5-7-2-3-9(10)8(4-7)6-12/h2-6H,1H3. The molecule has 1 aromatic carbocycles. The Kier molecular flexibility index (Phi) is 2.69. The maximum Gasteiger partial charge on any atom is 0.153 e. The Labute approximate surface area is 69.7 Å². The van der Waals surface area contributed by atoms with Gasteiger partial charge in [-0.1, -0.05) is 6.07 Å². The minimum atomic E-state index is -0.502. The summed E-state index contributed by atoms with van der Waals surface area (Å²) >= 11 is 0. The van der Waals surface area contributed by atoms with Crippen molar-refractivity contribution < 1.29 is 9.18 Å². The first-order chi connectivity index (χ1) is 5.77. The third-order valence-electron chi connectivity index (χ3n) is 1.43. The van der Waals surface area contributed by atoms with Crippen molar-refractivity contribution in [2.24, 2.45) is 4.99 Å². The van der Waals surface area contributed by atoms with Gasteiger partial charge in [-0.25, -0.2) is 4.39 Å². The fourth-order valence-corrected chi connectivity index (χ4v) is 0.882. The Bertz CT molecular complexity index is 320. The lowest BCUT2D eigenvalue weighted by molar-refractivity contribution is 0.112. The molecule has 0 aliphatic heterocycles. The molecule has 0 aromatic heterocycles. The first-order valence-electron chi connectivity index (χ1n) is 3.45. The molecule has 0 heterocycles. The molecule has 0 N–H and O–H groups in total. The van der Waals surface area contributed by atoms with Crippen molar-refractivity contribution in [1.82, 2.24) is 0 Å². The van der Waals surface area contributed by atoms with Crippen LogP contribution >= 0.6 is 0 Å². The van der Waals surface area contributed by atoms with Crippen LogP contribution in [0.15, 0.2) is 23.2 Å². The molecule has 0 fully saturated rings. The quantitative estimate of drug-likeness (QED) is 0.484. The number of carbonyl (C=O) groups excluding carboxylic acids is 1. The van der Waals surface area contributed by atoms with E-state index in [1.165, 1.54) is 12.1 Å². The molecule has 0 atom stereocenters. The topological polar surface area (TPSA) is 29.4 Å². The smallest absolute Gasteiger partial charge is 0.153 e. The number of aliphatic imine (C=N–C) groups is 1. The summed E-state index contributed by atoms with van der Waals surface area (Å²) in [5.74, 6) is -0.502. The zero-order valence-electron chi connectivity index (χ0n) is 6.62. The normalized spacial score (nSPS) is 10.5. The molecule has 0 bridgehead atoms. The number of hydrogen-bond acceptors (Lipinski definition) is 2. The SMILES string of the molecule is CN=Cc1ccc(F)c(C=O)c1. The summed E-state index contributed by atoms with van der Waals surface area (Å²) in [5.41, 5.74) is 0.786. The van der Waals surface area contributed by atoms with Gasteiger partial charge in [0.25, 0.3) is 0 Å². The van der Waals surface area contributed by atoms with E-state index in [4.69, 9.17) is 0 Å². The summed E-state index contributed by atoms with van der Waals surface area (Å²) in [6.07, 6.45) is 2.05. The lowest BCUT2D eigenvalue weighted by Crippen LogP contribution is -1.90. The second-order valence-electron chi connectivity index (χ2n) is 2.29. The molecule has 0 saturated carbocycles.